The van der Waals surface area contributed by atoms with Crippen LogP contribution in [0.25, 0.3) is 0 Å². The number of carbonyl (C=O) groups excluding carboxylic acids is 2. The van der Waals surface area contributed by atoms with Gasteiger partial charge >= 0.3 is 11.9 Å². The molecule has 0 N–H and O–H groups in total. The summed E-state index contributed by atoms with van der Waals surface area (Å²) in [6.07, 6.45) is 2.30. The van der Waals surface area contributed by atoms with Crippen LogP contribution in [0.4, 0.5) is 0 Å². The van der Waals surface area contributed by atoms with Crippen molar-refractivity contribution in [2.45, 2.75) is 18.9 Å². The summed E-state index contributed by atoms with van der Waals surface area (Å²) in [4.78, 5) is 28.2. The molecule has 5 nitrogen and oxygen atoms in total. The van der Waals surface area contributed by atoms with Gasteiger partial charge in [0.25, 0.3) is 0 Å². The second-order valence-corrected chi connectivity index (χ2v) is 4.51. The van der Waals surface area contributed by atoms with E-state index in [1.807, 2.05) is 6.07 Å². The smallest absolute Gasteiger partial charge is 0.357 e. The molecule has 0 spiro atoms. The SMILES string of the molecule is C=CC(=O)OC1CCN(OC(=O)c2ccccc2)CC1. The molecule has 2 rings (SSSR count). The molecule has 1 saturated heterocycles. The monoisotopic (exact) mass is 275 g/mol. The van der Waals surface area contributed by atoms with Gasteiger partial charge in [-0.2, -0.15) is 0 Å². The molecule has 0 aliphatic carbocycles. The van der Waals surface area contributed by atoms with Crippen LogP contribution in [0.2, 0.25) is 0 Å². The van der Waals surface area contributed by atoms with Gasteiger partial charge in [0.15, 0.2) is 0 Å². The van der Waals surface area contributed by atoms with E-state index in [-0.39, 0.29) is 12.1 Å². The van der Waals surface area contributed by atoms with Gasteiger partial charge in [-0.05, 0) is 12.1 Å². The van der Waals surface area contributed by atoms with Crippen molar-refractivity contribution in [2.75, 3.05) is 13.1 Å². The van der Waals surface area contributed by atoms with Gasteiger partial charge in [0.2, 0.25) is 0 Å². The quantitative estimate of drug-likeness (QED) is 0.621. The van der Waals surface area contributed by atoms with Crippen molar-refractivity contribution in [1.82, 2.24) is 5.06 Å². The fraction of sp³-hybridized carbons (Fsp3) is 0.333. The van der Waals surface area contributed by atoms with Gasteiger partial charge in [0.05, 0.1) is 5.56 Å². The van der Waals surface area contributed by atoms with Gasteiger partial charge in [-0.3, -0.25) is 0 Å². The van der Waals surface area contributed by atoms with Gasteiger partial charge in [-0.25, -0.2) is 9.59 Å². The van der Waals surface area contributed by atoms with Gasteiger partial charge < -0.3 is 9.57 Å². The molecule has 0 aromatic heterocycles. The lowest BCUT2D eigenvalue weighted by Gasteiger charge is -2.29. The number of esters is 1. The fourth-order valence-electron chi connectivity index (χ4n) is 2.00. The van der Waals surface area contributed by atoms with Gasteiger partial charge in [0.1, 0.15) is 6.10 Å². The summed E-state index contributed by atoms with van der Waals surface area (Å²) >= 11 is 0. The van der Waals surface area contributed by atoms with Crippen LogP contribution in [-0.2, 0) is 14.4 Å². The minimum Gasteiger partial charge on any atom is -0.459 e. The third kappa shape index (κ3) is 3.93. The normalized spacial score (nSPS) is 16.4. The Kier molecular flexibility index (Phi) is 4.90. The van der Waals surface area contributed by atoms with Crippen molar-refractivity contribution >= 4 is 11.9 Å². The Balaban J connectivity index is 1.78. The largest absolute Gasteiger partial charge is 0.459 e. The third-order valence-electron chi connectivity index (χ3n) is 3.07. The molecule has 1 aromatic carbocycles. The molecule has 1 aromatic rings. The number of nitrogens with zero attached hydrogens (tertiary/aromatic N) is 1. The lowest BCUT2D eigenvalue weighted by Crippen LogP contribution is -2.39. The average molecular weight is 275 g/mol. The molecular formula is C15H17NO4. The van der Waals surface area contributed by atoms with E-state index in [9.17, 15) is 9.59 Å². The summed E-state index contributed by atoms with van der Waals surface area (Å²) in [5.41, 5.74) is 0.521. The number of hydroxylamine groups is 2. The molecule has 5 heteroatoms. The Hall–Kier alpha value is -2.14. The maximum atomic E-state index is 11.9. The summed E-state index contributed by atoms with van der Waals surface area (Å²) < 4.78 is 5.15. The zero-order chi connectivity index (χ0) is 14.4. The molecule has 106 valence electrons. The summed E-state index contributed by atoms with van der Waals surface area (Å²) in [5, 5.41) is 1.60. The van der Waals surface area contributed by atoms with Gasteiger partial charge in [0, 0.05) is 32.0 Å². The van der Waals surface area contributed by atoms with Crippen molar-refractivity contribution in [1.29, 1.82) is 0 Å². The Bertz CT molecular complexity index is 478. The maximum Gasteiger partial charge on any atom is 0.357 e. The highest BCUT2D eigenvalue weighted by Gasteiger charge is 2.24. The zero-order valence-corrected chi connectivity index (χ0v) is 11.2. The Labute approximate surface area is 117 Å². The molecule has 0 radical (unpaired) electrons. The molecule has 0 amide bonds. The molecule has 0 atom stereocenters. The summed E-state index contributed by atoms with van der Waals surface area (Å²) in [6.45, 7) is 4.46. The van der Waals surface area contributed by atoms with Crippen LogP contribution in [-0.4, -0.2) is 36.2 Å². The number of hydrogen-bond acceptors (Lipinski definition) is 5. The van der Waals surface area contributed by atoms with E-state index < -0.39 is 5.97 Å². The summed E-state index contributed by atoms with van der Waals surface area (Å²) in [6, 6.07) is 8.84. The van der Waals surface area contributed by atoms with E-state index >= 15 is 0 Å². The molecular weight excluding hydrogens is 258 g/mol. The number of carbonyl (C=O) groups is 2. The zero-order valence-electron chi connectivity index (χ0n) is 11.2. The van der Waals surface area contributed by atoms with Gasteiger partial charge in [-0.1, -0.05) is 24.8 Å². The molecule has 0 saturated carbocycles. The Morgan fingerprint density at radius 2 is 1.85 bits per heavy atom. The van der Waals surface area contributed by atoms with E-state index in [1.165, 1.54) is 0 Å². The molecule has 1 fully saturated rings. The fourth-order valence-corrected chi connectivity index (χ4v) is 2.00. The lowest BCUT2D eigenvalue weighted by atomic mass is 10.1. The summed E-state index contributed by atoms with van der Waals surface area (Å²) in [5.74, 6) is -0.781. The molecule has 1 aliphatic rings. The van der Waals surface area contributed by atoms with E-state index in [2.05, 4.69) is 6.58 Å². The van der Waals surface area contributed by atoms with Crippen LogP contribution in [0.3, 0.4) is 0 Å². The lowest BCUT2D eigenvalue weighted by molar-refractivity contribution is -0.158. The van der Waals surface area contributed by atoms with Crippen molar-refractivity contribution in [3.05, 3.63) is 48.6 Å². The first kappa shape index (κ1) is 14.3. The number of benzene rings is 1. The first-order valence-electron chi connectivity index (χ1n) is 6.54. The highest BCUT2D eigenvalue weighted by Crippen LogP contribution is 2.15. The standard InChI is InChI=1S/C15H17NO4/c1-2-14(17)19-13-8-10-16(11-9-13)20-15(18)12-6-4-3-5-7-12/h2-7,13H,1,8-11H2. The van der Waals surface area contributed by atoms with Crippen molar-refractivity contribution < 1.29 is 19.2 Å². The van der Waals surface area contributed by atoms with Crippen LogP contribution in [0, 0.1) is 0 Å². The van der Waals surface area contributed by atoms with Crippen LogP contribution in [0.5, 0.6) is 0 Å². The first-order valence-corrected chi connectivity index (χ1v) is 6.54. The second kappa shape index (κ2) is 6.86. The molecule has 1 heterocycles. The van der Waals surface area contributed by atoms with Gasteiger partial charge in [-0.15, -0.1) is 5.06 Å². The van der Waals surface area contributed by atoms with Crippen molar-refractivity contribution in [3.63, 3.8) is 0 Å². The van der Waals surface area contributed by atoms with E-state index in [0.29, 0.717) is 31.5 Å². The summed E-state index contributed by atoms with van der Waals surface area (Å²) in [7, 11) is 0. The predicted molar refractivity (Wildman–Crippen MR) is 72.7 cm³/mol. The predicted octanol–water partition coefficient (Wildman–Crippen LogP) is 1.95. The molecule has 1 aliphatic heterocycles. The first-order chi connectivity index (χ1) is 9.69. The van der Waals surface area contributed by atoms with Crippen LogP contribution in [0.15, 0.2) is 43.0 Å². The van der Waals surface area contributed by atoms with Crippen molar-refractivity contribution in [3.8, 4) is 0 Å². The Morgan fingerprint density at radius 1 is 1.20 bits per heavy atom. The molecule has 0 bridgehead atoms. The second-order valence-electron chi connectivity index (χ2n) is 4.51. The van der Waals surface area contributed by atoms with E-state index in [4.69, 9.17) is 9.57 Å². The van der Waals surface area contributed by atoms with E-state index in [0.717, 1.165) is 6.08 Å². The van der Waals surface area contributed by atoms with E-state index in [1.54, 1.807) is 29.3 Å². The number of hydrogen-bond donors (Lipinski definition) is 0. The highest BCUT2D eigenvalue weighted by molar-refractivity contribution is 5.89. The highest BCUT2D eigenvalue weighted by atomic mass is 16.7. The minimum atomic E-state index is -0.412. The average Bonchev–Trinajstić information content (AvgIpc) is 2.50. The number of rotatable bonds is 4. The molecule has 0 unspecified atom stereocenters. The molecule has 20 heavy (non-hydrogen) atoms. The third-order valence-corrected chi connectivity index (χ3v) is 3.07. The number of piperidine rings is 1. The van der Waals surface area contributed by atoms with Crippen molar-refractivity contribution in [2.24, 2.45) is 0 Å². The van der Waals surface area contributed by atoms with Crippen LogP contribution in [0.1, 0.15) is 23.2 Å². The Morgan fingerprint density at radius 3 is 2.45 bits per heavy atom. The topological polar surface area (TPSA) is 55.8 Å². The number of ether oxygens (including phenoxy) is 1. The van der Waals surface area contributed by atoms with Crippen LogP contribution < -0.4 is 0 Å². The maximum absolute atomic E-state index is 11.9. The van der Waals surface area contributed by atoms with Crippen LogP contribution >= 0.6 is 0 Å². The minimum absolute atomic E-state index is 0.132.